The molecule has 0 unspecified atom stereocenters. The molecule has 3 heterocycles. The van der Waals surface area contributed by atoms with Gasteiger partial charge in [0.1, 0.15) is 5.75 Å². The zero-order valence-corrected chi connectivity index (χ0v) is 22.0. The molecule has 1 fully saturated rings. The topological polar surface area (TPSA) is 114 Å². The Hall–Kier alpha value is -4.44. The van der Waals surface area contributed by atoms with Gasteiger partial charge in [-0.25, -0.2) is 9.48 Å². The summed E-state index contributed by atoms with van der Waals surface area (Å²) in [5, 5.41) is 12.4. The van der Waals surface area contributed by atoms with Gasteiger partial charge in [0.25, 0.3) is 0 Å². The van der Waals surface area contributed by atoms with Crippen molar-refractivity contribution in [2.75, 3.05) is 33.9 Å². The number of likely N-dealkylation sites (tertiary alicyclic amines) is 1. The minimum atomic E-state index is -0.539. The number of methoxy groups -OCH3 is 2. The molecule has 10 nitrogen and oxygen atoms in total. The van der Waals surface area contributed by atoms with Crippen LogP contribution >= 0.6 is 0 Å². The first-order chi connectivity index (χ1) is 19.1. The van der Waals surface area contributed by atoms with Crippen LogP contribution in [0, 0.1) is 0 Å². The molecule has 0 aliphatic carbocycles. The number of esters is 1. The lowest BCUT2D eigenvalue weighted by atomic mass is 10.1. The summed E-state index contributed by atoms with van der Waals surface area (Å²) in [4.78, 5) is 30.7. The van der Waals surface area contributed by atoms with Crippen LogP contribution in [0.2, 0.25) is 0 Å². The fourth-order valence-corrected chi connectivity index (χ4v) is 5.09. The number of nitrogens with zero attached hydrogens (tertiary/aromatic N) is 4. The van der Waals surface area contributed by atoms with Crippen molar-refractivity contribution in [3.05, 3.63) is 83.8 Å². The number of fused-ring (bicyclic) bond motifs is 1. The number of aromatic amines is 1. The number of amides is 1. The first kappa shape index (κ1) is 26.2. The monoisotopic (exact) mass is 528 g/mol. The summed E-state index contributed by atoms with van der Waals surface area (Å²) in [6.45, 7) is 1.68. The number of carbonyl (C=O) groups excluding carboxylic acids is 2. The molecule has 1 aliphatic rings. The first-order valence-corrected chi connectivity index (χ1v) is 12.9. The number of ether oxygens (including phenoxy) is 2. The Morgan fingerprint density at radius 1 is 1.15 bits per heavy atom. The molecule has 1 amide bonds. The maximum Gasteiger partial charge on any atom is 0.360 e. The summed E-state index contributed by atoms with van der Waals surface area (Å²) >= 11 is 0. The summed E-state index contributed by atoms with van der Waals surface area (Å²) in [5.41, 5.74) is 3.37. The van der Waals surface area contributed by atoms with Crippen LogP contribution in [0.25, 0.3) is 17.0 Å². The summed E-state index contributed by atoms with van der Waals surface area (Å²) in [6.07, 6.45) is 8.89. The van der Waals surface area contributed by atoms with Crippen molar-refractivity contribution in [1.82, 2.24) is 30.2 Å². The van der Waals surface area contributed by atoms with E-state index in [-0.39, 0.29) is 23.7 Å². The average molecular weight is 529 g/mol. The summed E-state index contributed by atoms with van der Waals surface area (Å²) in [5.74, 6) is 0.219. The molecule has 0 radical (unpaired) electrons. The third-order valence-electron chi connectivity index (χ3n) is 7.11. The average Bonchev–Trinajstić information content (AvgIpc) is 3.72. The fraction of sp³-hybridized carbons (Fsp3) is 0.310. The number of hydrogen-bond acceptors (Lipinski definition) is 7. The molecule has 0 bridgehead atoms. The predicted molar refractivity (Wildman–Crippen MR) is 147 cm³/mol. The SMILES string of the molecule is COC(=O)c1cn([C@H]2C[C@@H](C(=O)NCCc3c[nH]c4ccccc34)N(C/C=C/c3ccccc3OC)C2)nn1. The molecular formula is C29H32N6O4. The molecule has 5 rings (SSSR count). The molecule has 39 heavy (non-hydrogen) atoms. The van der Waals surface area contributed by atoms with E-state index in [2.05, 4.69) is 31.6 Å². The quantitative estimate of drug-likeness (QED) is 0.304. The number of aromatic nitrogens is 4. The Labute approximate surface area is 226 Å². The van der Waals surface area contributed by atoms with Crippen LogP contribution in [0.4, 0.5) is 0 Å². The summed E-state index contributed by atoms with van der Waals surface area (Å²) < 4.78 is 11.9. The van der Waals surface area contributed by atoms with E-state index in [4.69, 9.17) is 9.47 Å². The smallest absolute Gasteiger partial charge is 0.360 e. The van der Waals surface area contributed by atoms with Crippen molar-refractivity contribution >= 4 is 28.9 Å². The molecule has 1 aliphatic heterocycles. The van der Waals surface area contributed by atoms with Crippen LogP contribution in [0.5, 0.6) is 5.75 Å². The van der Waals surface area contributed by atoms with E-state index in [9.17, 15) is 9.59 Å². The maximum absolute atomic E-state index is 13.4. The second kappa shape index (κ2) is 12.0. The van der Waals surface area contributed by atoms with E-state index in [1.54, 1.807) is 18.0 Å². The minimum absolute atomic E-state index is 0.0312. The van der Waals surface area contributed by atoms with E-state index in [1.807, 2.05) is 60.8 Å². The Morgan fingerprint density at radius 2 is 1.97 bits per heavy atom. The summed E-state index contributed by atoms with van der Waals surface area (Å²) in [6, 6.07) is 15.5. The second-order valence-electron chi connectivity index (χ2n) is 9.48. The van der Waals surface area contributed by atoms with Crippen molar-refractivity contribution in [2.45, 2.75) is 24.9 Å². The lowest BCUT2D eigenvalue weighted by Crippen LogP contribution is -2.43. The van der Waals surface area contributed by atoms with Gasteiger partial charge in [-0.15, -0.1) is 5.10 Å². The van der Waals surface area contributed by atoms with Crippen LogP contribution in [-0.4, -0.2) is 76.6 Å². The number of rotatable bonds is 10. The molecule has 2 N–H and O–H groups in total. The highest BCUT2D eigenvalue weighted by Gasteiger charge is 2.37. The van der Waals surface area contributed by atoms with Crippen LogP contribution < -0.4 is 10.1 Å². The van der Waals surface area contributed by atoms with Crippen molar-refractivity contribution < 1.29 is 19.1 Å². The Morgan fingerprint density at radius 3 is 2.82 bits per heavy atom. The number of H-pyrrole nitrogens is 1. The summed E-state index contributed by atoms with van der Waals surface area (Å²) in [7, 11) is 2.96. The van der Waals surface area contributed by atoms with Crippen molar-refractivity contribution in [3.8, 4) is 5.75 Å². The van der Waals surface area contributed by atoms with Crippen LogP contribution in [0.3, 0.4) is 0 Å². The van der Waals surface area contributed by atoms with Gasteiger partial charge < -0.3 is 19.8 Å². The standard InChI is InChI=1S/C29H32N6O4/c1-38-27-12-6-3-8-20(27)9-7-15-34-18-22(35-19-25(32-33-35)29(37)39-2)16-26(34)28(36)30-14-13-21-17-31-24-11-5-4-10-23(21)24/h3-12,17,19,22,26,31H,13-16,18H2,1-2H3,(H,30,36)/b9-7+/t22-,26-/m0/s1. The number of hydrogen-bond donors (Lipinski definition) is 2. The van der Waals surface area contributed by atoms with Crippen molar-refractivity contribution in [2.24, 2.45) is 0 Å². The van der Waals surface area contributed by atoms with Gasteiger partial charge in [0.05, 0.1) is 32.5 Å². The zero-order valence-electron chi connectivity index (χ0n) is 22.0. The number of para-hydroxylation sites is 2. The molecule has 2 atom stereocenters. The Balaban J connectivity index is 1.27. The molecule has 0 spiro atoms. The third kappa shape index (κ3) is 5.85. The second-order valence-corrected chi connectivity index (χ2v) is 9.48. The van der Waals surface area contributed by atoms with Gasteiger partial charge in [-0.2, -0.15) is 0 Å². The van der Waals surface area contributed by atoms with E-state index in [1.165, 1.54) is 18.1 Å². The van der Waals surface area contributed by atoms with Crippen LogP contribution in [-0.2, 0) is 16.0 Å². The zero-order chi connectivity index (χ0) is 27.2. The lowest BCUT2D eigenvalue weighted by molar-refractivity contribution is -0.125. The van der Waals surface area contributed by atoms with E-state index < -0.39 is 5.97 Å². The Bertz CT molecular complexity index is 1480. The highest BCUT2D eigenvalue weighted by atomic mass is 16.5. The molecule has 2 aromatic heterocycles. The minimum Gasteiger partial charge on any atom is -0.496 e. The third-order valence-corrected chi connectivity index (χ3v) is 7.11. The number of benzene rings is 2. The van der Waals surface area contributed by atoms with E-state index >= 15 is 0 Å². The van der Waals surface area contributed by atoms with Gasteiger partial charge >= 0.3 is 5.97 Å². The Kier molecular flexibility index (Phi) is 8.02. The highest BCUT2D eigenvalue weighted by Crippen LogP contribution is 2.28. The van der Waals surface area contributed by atoms with Gasteiger partial charge in [-0.05, 0) is 30.5 Å². The van der Waals surface area contributed by atoms with Crippen LogP contribution in [0.1, 0.15) is 34.1 Å². The lowest BCUT2D eigenvalue weighted by Gasteiger charge is -2.22. The first-order valence-electron chi connectivity index (χ1n) is 12.9. The molecule has 1 saturated heterocycles. The van der Waals surface area contributed by atoms with Crippen molar-refractivity contribution in [3.63, 3.8) is 0 Å². The van der Waals surface area contributed by atoms with Gasteiger partial charge in [0.2, 0.25) is 5.91 Å². The van der Waals surface area contributed by atoms with Gasteiger partial charge in [0, 0.05) is 42.3 Å². The van der Waals surface area contributed by atoms with Gasteiger partial charge in [0.15, 0.2) is 5.69 Å². The molecular weight excluding hydrogens is 496 g/mol. The normalized spacial score (nSPS) is 17.6. The molecule has 10 heteroatoms. The fourth-order valence-electron chi connectivity index (χ4n) is 5.09. The van der Waals surface area contributed by atoms with E-state index in [0.29, 0.717) is 26.1 Å². The van der Waals surface area contributed by atoms with Gasteiger partial charge in [-0.1, -0.05) is 53.8 Å². The van der Waals surface area contributed by atoms with Crippen LogP contribution in [0.15, 0.2) is 67.0 Å². The molecule has 2 aromatic carbocycles. The molecule has 4 aromatic rings. The number of carbonyl (C=O) groups is 2. The van der Waals surface area contributed by atoms with Gasteiger partial charge in [-0.3, -0.25) is 9.69 Å². The molecule has 0 saturated carbocycles. The largest absolute Gasteiger partial charge is 0.496 e. The van der Waals surface area contributed by atoms with Crippen molar-refractivity contribution in [1.29, 1.82) is 0 Å². The predicted octanol–water partition coefficient (Wildman–Crippen LogP) is 3.24. The number of nitrogens with one attached hydrogen (secondary N) is 2. The van der Waals surface area contributed by atoms with E-state index in [0.717, 1.165) is 23.3 Å². The molecule has 202 valence electrons. The maximum atomic E-state index is 13.4. The highest BCUT2D eigenvalue weighted by molar-refractivity contribution is 5.86.